The molecule has 118 valence electrons. The quantitative estimate of drug-likeness (QED) is 0.791. The minimum Gasteiger partial charge on any atom is -0.491 e. The van der Waals surface area contributed by atoms with Crippen molar-refractivity contribution in [2.24, 2.45) is 7.05 Å². The fourth-order valence-electron chi connectivity index (χ4n) is 1.85. The SMILES string of the molecule is Cc1nnc(CNC(=O)CCCOc2ccccc2F)n1C. The number of halogens is 1. The van der Waals surface area contributed by atoms with Gasteiger partial charge in [-0.15, -0.1) is 10.2 Å². The van der Waals surface area contributed by atoms with E-state index in [1.54, 1.807) is 18.2 Å². The molecule has 0 bridgehead atoms. The largest absolute Gasteiger partial charge is 0.491 e. The summed E-state index contributed by atoms with van der Waals surface area (Å²) in [7, 11) is 1.85. The van der Waals surface area contributed by atoms with E-state index in [0.29, 0.717) is 25.2 Å². The molecule has 0 aliphatic rings. The Kier molecular flexibility index (Phi) is 5.46. The van der Waals surface area contributed by atoms with Crippen molar-refractivity contribution in [3.8, 4) is 5.75 Å². The van der Waals surface area contributed by atoms with Crippen LogP contribution in [0.25, 0.3) is 0 Å². The molecule has 1 aromatic carbocycles. The van der Waals surface area contributed by atoms with Crippen molar-refractivity contribution < 1.29 is 13.9 Å². The molecule has 0 aliphatic heterocycles. The van der Waals surface area contributed by atoms with Gasteiger partial charge >= 0.3 is 0 Å². The van der Waals surface area contributed by atoms with E-state index < -0.39 is 5.82 Å². The summed E-state index contributed by atoms with van der Waals surface area (Å²) in [6.45, 7) is 2.47. The molecular formula is C15H19FN4O2. The van der Waals surface area contributed by atoms with Crippen LogP contribution in [-0.2, 0) is 18.4 Å². The number of ether oxygens (including phenoxy) is 1. The molecule has 6 nitrogen and oxygen atoms in total. The Hall–Kier alpha value is -2.44. The van der Waals surface area contributed by atoms with Crippen molar-refractivity contribution in [1.82, 2.24) is 20.1 Å². The molecule has 0 atom stereocenters. The van der Waals surface area contributed by atoms with E-state index >= 15 is 0 Å². The number of carbonyl (C=O) groups is 1. The summed E-state index contributed by atoms with van der Waals surface area (Å²) in [6.07, 6.45) is 0.823. The van der Waals surface area contributed by atoms with E-state index in [0.717, 1.165) is 5.82 Å². The second-order valence-corrected chi connectivity index (χ2v) is 4.88. The van der Waals surface area contributed by atoms with Crippen LogP contribution in [0.5, 0.6) is 5.75 Å². The highest BCUT2D eigenvalue weighted by Crippen LogP contribution is 2.15. The van der Waals surface area contributed by atoms with E-state index in [1.165, 1.54) is 6.07 Å². The predicted molar refractivity (Wildman–Crippen MR) is 78.7 cm³/mol. The Labute approximate surface area is 128 Å². The lowest BCUT2D eigenvalue weighted by molar-refractivity contribution is -0.121. The number of nitrogens with one attached hydrogen (secondary N) is 1. The summed E-state index contributed by atoms with van der Waals surface area (Å²) in [6, 6.07) is 6.20. The van der Waals surface area contributed by atoms with Crippen LogP contribution >= 0.6 is 0 Å². The van der Waals surface area contributed by atoms with Crippen LogP contribution < -0.4 is 10.1 Å². The average Bonchev–Trinajstić information content (AvgIpc) is 2.83. The molecule has 0 saturated heterocycles. The maximum Gasteiger partial charge on any atom is 0.220 e. The first-order chi connectivity index (χ1) is 10.6. The number of carbonyl (C=O) groups excluding carboxylic acids is 1. The first kappa shape index (κ1) is 15.9. The van der Waals surface area contributed by atoms with E-state index in [-0.39, 0.29) is 18.3 Å². The smallest absolute Gasteiger partial charge is 0.220 e. The van der Waals surface area contributed by atoms with Crippen molar-refractivity contribution in [2.45, 2.75) is 26.3 Å². The molecule has 0 fully saturated rings. The van der Waals surface area contributed by atoms with Crippen LogP contribution in [0, 0.1) is 12.7 Å². The molecule has 2 aromatic rings. The van der Waals surface area contributed by atoms with Crippen LogP contribution in [0.1, 0.15) is 24.5 Å². The van der Waals surface area contributed by atoms with Gasteiger partial charge in [-0.25, -0.2) is 4.39 Å². The maximum atomic E-state index is 13.3. The molecule has 7 heteroatoms. The number of nitrogens with zero attached hydrogens (tertiary/aromatic N) is 3. The zero-order valence-corrected chi connectivity index (χ0v) is 12.7. The van der Waals surface area contributed by atoms with Crippen LogP contribution in [0.2, 0.25) is 0 Å². The molecule has 1 heterocycles. The maximum absolute atomic E-state index is 13.3. The van der Waals surface area contributed by atoms with Gasteiger partial charge in [0.25, 0.3) is 0 Å². The summed E-state index contributed by atoms with van der Waals surface area (Å²) in [5, 5.41) is 10.7. The van der Waals surface area contributed by atoms with Crippen molar-refractivity contribution >= 4 is 5.91 Å². The molecule has 0 radical (unpaired) electrons. The number of hydrogen-bond acceptors (Lipinski definition) is 4. The summed E-state index contributed by atoms with van der Waals surface area (Å²) < 4.78 is 20.4. The number of aromatic nitrogens is 3. The first-order valence-electron chi connectivity index (χ1n) is 7.07. The van der Waals surface area contributed by atoms with Gasteiger partial charge in [0, 0.05) is 13.5 Å². The lowest BCUT2D eigenvalue weighted by Crippen LogP contribution is -2.24. The zero-order chi connectivity index (χ0) is 15.9. The Morgan fingerprint density at radius 1 is 1.36 bits per heavy atom. The van der Waals surface area contributed by atoms with E-state index in [4.69, 9.17) is 4.74 Å². The molecule has 0 aliphatic carbocycles. The molecule has 1 amide bonds. The van der Waals surface area contributed by atoms with Gasteiger partial charge in [-0.1, -0.05) is 12.1 Å². The molecule has 1 aromatic heterocycles. The van der Waals surface area contributed by atoms with Gasteiger partial charge in [-0.2, -0.15) is 0 Å². The lowest BCUT2D eigenvalue weighted by atomic mass is 10.3. The molecule has 0 unspecified atom stereocenters. The number of rotatable bonds is 7. The highest BCUT2D eigenvalue weighted by atomic mass is 19.1. The van der Waals surface area contributed by atoms with Gasteiger partial charge < -0.3 is 14.6 Å². The standard InChI is InChI=1S/C15H19FN4O2/c1-11-18-19-14(20(11)2)10-17-15(21)8-5-9-22-13-7-4-3-6-12(13)16/h3-4,6-7H,5,8-10H2,1-2H3,(H,17,21). The van der Waals surface area contributed by atoms with Gasteiger partial charge in [0.2, 0.25) is 5.91 Å². The van der Waals surface area contributed by atoms with Crippen molar-refractivity contribution in [2.75, 3.05) is 6.61 Å². The molecule has 0 saturated carbocycles. The Balaban J connectivity index is 1.66. The lowest BCUT2D eigenvalue weighted by Gasteiger charge is -2.07. The van der Waals surface area contributed by atoms with Gasteiger partial charge in [0.1, 0.15) is 5.82 Å². The Morgan fingerprint density at radius 2 is 2.14 bits per heavy atom. The van der Waals surface area contributed by atoms with E-state index in [9.17, 15) is 9.18 Å². The summed E-state index contributed by atoms with van der Waals surface area (Å²) in [5.41, 5.74) is 0. The fraction of sp³-hybridized carbons (Fsp3) is 0.400. The van der Waals surface area contributed by atoms with Crippen molar-refractivity contribution in [3.63, 3.8) is 0 Å². The van der Waals surface area contributed by atoms with Crippen LogP contribution in [-0.4, -0.2) is 27.3 Å². The predicted octanol–water partition coefficient (Wildman–Crippen LogP) is 1.74. The van der Waals surface area contributed by atoms with Gasteiger partial charge in [-0.05, 0) is 25.5 Å². The number of hydrogen-bond donors (Lipinski definition) is 1. The second-order valence-electron chi connectivity index (χ2n) is 4.88. The summed E-state index contributed by atoms with van der Waals surface area (Å²) >= 11 is 0. The third kappa shape index (κ3) is 4.28. The van der Waals surface area contributed by atoms with Crippen LogP contribution in [0.4, 0.5) is 4.39 Å². The third-order valence-corrected chi connectivity index (χ3v) is 3.27. The first-order valence-corrected chi connectivity index (χ1v) is 7.07. The molecule has 22 heavy (non-hydrogen) atoms. The number of benzene rings is 1. The van der Waals surface area contributed by atoms with Gasteiger partial charge in [0.15, 0.2) is 17.4 Å². The Morgan fingerprint density at radius 3 is 2.82 bits per heavy atom. The van der Waals surface area contributed by atoms with Gasteiger partial charge in [-0.3, -0.25) is 4.79 Å². The van der Waals surface area contributed by atoms with Crippen LogP contribution in [0.3, 0.4) is 0 Å². The van der Waals surface area contributed by atoms with Crippen molar-refractivity contribution in [3.05, 3.63) is 41.7 Å². The fourth-order valence-corrected chi connectivity index (χ4v) is 1.85. The van der Waals surface area contributed by atoms with Gasteiger partial charge in [0.05, 0.1) is 13.2 Å². The summed E-state index contributed by atoms with van der Waals surface area (Å²) in [5.74, 6) is 1.20. The minimum atomic E-state index is -0.399. The van der Waals surface area contributed by atoms with Crippen molar-refractivity contribution in [1.29, 1.82) is 0 Å². The molecule has 1 N–H and O–H groups in total. The second kappa shape index (κ2) is 7.53. The highest BCUT2D eigenvalue weighted by Gasteiger charge is 2.07. The Bertz CT molecular complexity index is 642. The third-order valence-electron chi connectivity index (χ3n) is 3.27. The molecule has 2 rings (SSSR count). The summed E-state index contributed by atoms with van der Waals surface area (Å²) in [4.78, 5) is 11.7. The highest BCUT2D eigenvalue weighted by molar-refractivity contribution is 5.75. The molecule has 0 spiro atoms. The van der Waals surface area contributed by atoms with Crippen LogP contribution in [0.15, 0.2) is 24.3 Å². The number of aryl methyl sites for hydroxylation is 1. The number of amides is 1. The normalized spacial score (nSPS) is 10.5. The minimum absolute atomic E-state index is 0.0993. The van der Waals surface area contributed by atoms with E-state index in [1.807, 2.05) is 18.5 Å². The number of para-hydroxylation sites is 1. The zero-order valence-electron chi connectivity index (χ0n) is 12.7. The monoisotopic (exact) mass is 306 g/mol. The van der Waals surface area contributed by atoms with E-state index in [2.05, 4.69) is 15.5 Å². The topological polar surface area (TPSA) is 69.0 Å². The average molecular weight is 306 g/mol. The molecular weight excluding hydrogens is 287 g/mol.